The van der Waals surface area contributed by atoms with Crippen molar-refractivity contribution in [1.29, 1.82) is 0 Å². The van der Waals surface area contributed by atoms with Crippen LogP contribution in [0, 0.1) is 6.92 Å². The molecule has 1 N–H and O–H groups in total. The highest BCUT2D eigenvalue weighted by Gasteiger charge is 2.21. The van der Waals surface area contributed by atoms with Crippen molar-refractivity contribution in [3.8, 4) is 11.4 Å². The van der Waals surface area contributed by atoms with Crippen LogP contribution in [-0.4, -0.2) is 30.3 Å². The molecule has 7 nitrogen and oxygen atoms in total. The number of nitrogens with zero attached hydrogens (tertiary/aromatic N) is 3. The van der Waals surface area contributed by atoms with Gasteiger partial charge in [-0.15, -0.1) is 0 Å². The Bertz CT molecular complexity index is 1300. The molecule has 2 heterocycles. The Morgan fingerprint density at radius 3 is 2.59 bits per heavy atom. The number of aryl methyl sites for hydroxylation is 1. The number of methoxy groups -OCH3 is 1. The van der Waals surface area contributed by atoms with E-state index in [1.165, 1.54) is 25.4 Å². The molecule has 0 saturated heterocycles. The summed E-state index contributed by atoms with van der Waals surface area (Å²) in [6.07, 6.45) is 1.46. The van der Waals surface area contributed by atoms with E-state index >= 15 is 0 Å². The molecule has 0 unspecified atom stereocenters. The Morgan fingerprint density at radius 2 is 1.86 bits per heavy atom. The molecule has 148 valence electrons. The number of nitrogens with one attached hydrogen (secondary N) is 1. The highest BCUT2D eigenvalue weighted by Crippen LogP contribution is 2.30. The Labute approximate surface area is 173 Å². The largest absolute Gasteiger partial charge is 0.495 e. The summed E-state index contributed by atoms with van der Waals surface area (Å²) in [5.41, 5.74) is 2.56. The van der Waals surface area contributed by atoms with Gasteiger partial charge < -0.3 is 4.74 Å². The fourth-order valence-corrected chi connectivity index (χ4v) is 4.49. The second-order valence-electron chi connectivity index (χ2n) is 6.33. The van der Waals surface area contributed by atoms with Gasteiger partial charge in [-0.2, -0.15) is 5.10 Å². The molecule has 0 amide bonds. The van der Waals surface area contributed by atoms with E-state index in [-0.39, 0.29) is 10.6 Å². The van der Waals surface area contributed by atoms with Gasteiger partial charge in [0, 0.05) is 10.4 Å². The van der Waals surface area contributed by atoms with Gasteiger partial charge in [0.05, 0.1) is 30.4 Å². The minimum atomic E-state index is -3.93. The molecule has 0 atom stereocenters. The minimum Gasteiger partial charge on any atom is -0.495 e. The average Bonchev–Trinajstić information content (AvgIpc) is 3.04. The number of hydrogen-bond donors (Lipinski definition) is 1. The van der Waals surface area contributed by atoms with Crippen molar-refractivity contribution in [2.45, 2.75) is 11.8 Å². The van der Waals surface area contributed by atoms with Crippen LogP contribution in [0.4, 0.5) is 5.69 Å². The van der Waals surface area contributed by atoms with Crippen molar-refractivity contribution in [1.82, 2.24) is 14.8 Å². The summed E-state index contributed by atoms with van der Waals surface area (Å²) >= 11 is 5.97. The minimum absolute atomic E-state index is 0.0516. The van der Waals surface area contributed by atoms with Gasteiger partial charge in [0.2, 0.25) is 0 Å². The summed E-state index contributed by atoms with van der Waals surface area (Å²) in [5, 5.41) is 5.57. The number of anilines is 1. The van der Waals surface area contributed by atoms with Crippen molar-refractivity contribution < 1.29 is 13.2 Å². The smallest absolute Gasteiger partial charge is 0.265 e. The number of para-hydroxylation sites is 1. The van der Waals surface area contributed by atoms with Crippen molar-refractivity contribution in [2.24, 2.45) is 0 Å². The SMILES string of the molecule is COc1ccc(Cl)cc1S(=O)(=O)Nc1cnc2c(c1)c(C)nn2-c1ccccc1. The number of sulfonamides is 1. The Kier molecular flexibility index (Phi) is 4.89. The van der Waals surface area contributed by atoms with Crippen LogP contribution in [0.3, 0.4) is 0 Å². The fraction of sp³-hybridized carbons (Fsp3) is 0.100. The zero-order valence-corrected chi connectivity index (χ0v) is 17.2. The molecule has 0 aliphatic heterocycles. The van der Waals surface area contributed by atoms with Gasteiger partial charge in [0.15, 0.2) is 5.65 Å². The second kappa shape index (κ2) is 7.38. The van der Waals surface area contributed by atoms with Crippen LogP contribution >= 0.6 is 11.6 Å². The molecule has 0 radical (unpaired) electrons. The van der Waals surface area contributed by atoms with Crippen molar-refractivity contribution in [3.05, 3.63) is 71.5 Å². The number of benzene rings is 2. The highest BCUT2D eigenvalue weighted by atomic mass is 35.5. The molecule has 9 heteroatoms. The van der Waals surface area contributed by atoms with E-state index in [4.69, 9.17) is 16.3 Å². The molecular weight excluding hydrogens is 412 g/mol. The lowest BCUT2D eigenvalue weighted by molar-refractivity contribution is 0.403. The maximum absolute atomic E-state index is 12.9. The van der Waals surface area contributed by atoms with E-state index in [0.717, 1.165) is 16.8 Å². The maximum atomic E-state index is 12.9. The molecule has 0 aliphatic carbocycles. The Morgan fingerprint density at radius 1 is 1.10 bits per heavy atom. The molecule has 4 rings (SSSR count). The summed E-state index contributed by atoms with van der Waals surface area (Å²) in [4.78, 5) is 4.38. The first-order valence-corrected chi connectivity index (χ1v) is 10.5. The van der Waals surface area contributed by atoms with Crippen molar-refractivity contribution in [3.63, 3.8) is 0 Å². The third-order valence-corrected chi connectivity index (χ3v) is 6.01. The van der Waals surface area contributed by atoms with Crippen LogP contribution in [-0.2, 0) is 10.0 Å². The molecule has 0 bridgehead atoms. The molecule has 0 aliphatic rings. The van der Waals surface area contributed by atoms with Crippen molar-refractivity contribution in [2.75, 3.05) is 11.8 Å². The van der Waals surface area contributed by atoms with E-state index in [1.807, 2.05) is 37.3 Å². The number of hydrogen-bond acceptors (Lipinski definition) is 5. The first-order chi connectivity index (χ1) is 13.9. The number of halogens is 1. The van der Waals surface area contributed by atoms with Gasteiger partial charge in [-0.05, 0) is 43.3 Å². The normalized spacial score (nSPS) is 11.6. The van der Waals surface area contributed by atoms with Crippen molar-refractivity contribution >= 4 is 38.3 Å². The van der Waals surface area contributed by atoms with E-state index in [9.17, 15) is 8.42 Å². The van der Waals surface area contributed by atoms with Gasteiger partial charge in [-0.25, -0.2) is 18.1 Å². The average molecular weight is 429 g/mol. The lowest BCUT2D eigenvalue weighted by Crippen LogP contribution is -2.14. The van der Waals surface area contributed by atoms with Gasteiger partial charge in [0.25, 0.3) is 10.0 Å². The number of aromatic nitrogens is 3. The zero-order chi connectivity index (χ0) is 20.6. The quantitative estimate of drug-likeness (QED) is 0.515. The maximum Gasteiger partial charge on any atom is 0.265 e. The zero-order valence-electron chi connectivity index (χ0n) is 15.6. The van der Waals surface area contributed by atoms with Gasteiger partial charge in [0.1, 0.15) is 10.6 Å². The number of ether oxygens (including phenoxy) is 1. The molecule has 0 spiro atoms. The molecule has 2 aromatic heterocycles. The monoisotopic (exact) mass is 428 g/mol. The summed E-state index contributed by atoms with van der Waals surface area (Å²) in [5.74, 6) is 0.198. The molecule has 0 fully saturated rings. The fourth-order valence-electron chi connectivity index (χ4n) is 3.02. The summed E-state index contributed by atoms with van der Waals surface area (Å²) in [7, 11) is -2.53. The summed E-state index contributed by atoms with van der Waals surface area (Å²) in [6, 6.07) is 15.7. The number of fused-ring (bicyclic) bond motifs is 1. The highest BCUT2D eigenvalue weighted by molar-refractivity contribution is 7.92. The number of rotatable bonds is 5. The Hall–Kier alpha value is -3.10. The van der Waals surface area contributed by atoms with E-state index in [1.54, 1.807) is 16.8 Å². The first-order valence-electron chi connectivity index (χ1n) is 8.66. The molecular formula is C20H17ClN4O3S. The van der Waals surface area contributed by atoms with Crippen LogP contribution in [0.25, 0.3) is 16.7 Å². The topological polar surface area (TPSA) is 86.1 Å². The van der Waals surface area contributed by atoms with Crippen LogP contribution in [0.1, 0.15) is 5.69 Å². The van der Waals surface area contributed by atoms with Gasteiger partial charge in [-0.3, -0.25) is 4.72 Å². The second-order valence-corrected chi connectivity index (χ2v) is 8.42. The molecule has 0 saturated carbocycles. The van der Waals surface area contributed by atoms with E-state index < -0.39 is 10.0 Å². The van der Waals surface area contributed by atoms with Gasteiger partial charge >= 0.3 is 0 Å². The molecule has 4 aromatic rings. The van der Waals surface area contributed by atoms with E-state index in [0.29, 0.717) is 16.4 Å². The standard InChI is InChI=1S/C20H17ClN4O3S/c1-13-17-11-15(12-22-20(17)25(23-13)16-6-4-3-5-7-16)24-29(26,27)19-10-14(21)8-9-18(19)28-2/h3-12,24H,1-2H3. The number of pyridine rings is 1. The van der Waals surface area contributed by atoms with Crippen LogP contribution < -0.4 is 9.46 Å². The van der Waals surface area contributed by atoms with Gasteiger partial charge in [-0.1, -0.05) is 29.8 Å². The van der Waals surface area contributed by atoms with Crippen LogP contribution in [0.5, 0.6) is 5.75 Å². The predicted octanol–water partition coefficient (Wildman–Crippen LogP) is 4.19. The Balaban J connectivity index is 1.75. The lowest BCUT2D eigenvalue weighted by atomic mass is 10.2. The summed E-state index contributed by atoms with van der Waals surface area (Å²) < 4.78 is 35.2. The third-order valence-electron chi connectivity index (χ3n) is 4.38. The third kappa shape index (κ3) is 3.64. The molecule has 2 aromatic carbocycles. The predicted molar refractivity (Wildman–Crippen MR) is 112 cm³/mol. The van der Waals surface area contributed by atoms with E-state index in [2.05, 4.69) is 14.8 Å². The lowest BCUT2D eigenvalue weighted by Gasteiger charge is -2.12. The first kappa shape index (κ1) is 19.2. The van der Waals surface area contributed by atoms with Crippen LogP contribution in [0.15, 0.2) is 65.7 Å². The van der Waals surface area contributed by atoms with Crippen LogP contribution in [0.2, 0.25) is 5.02 Å². The molecule has 29 heavy (non-hydrogen) atoms. The summed E-state index contributed by atoms with van der Waals surface area (Å²) in [6.45, 7) is 1.85.